The van der Waals surface area contributed by atoms with Crippen LogP contribution in [0, 0.1) is 0 Å². The third-order valence-corrected chi connectivity index (χ3v) is 4.47. The first kappa shape index (κ1) is 14.2. The Morgan fingerprint density at radius 2 is 1.48 bits per heavy atom. The van der Waals surface area contributed by atoms with E-state index in [1.807, 2.05) is 18.2 Å². The molecule has 0 spiro atoms. The van der Waals surface area contributed by atoms with Crippen LogP contribution in [0.2, 0.25) is 0 Å². The molecule has 1 saturated heterocycles. The number of hydrogen-bond acceptors (Lipinski definition) is 2. The molecule has 0 aromatic heterocycles. The molecule has 1 fully saturated rings. The Bertz CT molecular complexity index is 544. The maximum atomic E-state index is 6.50. The molecule has 110 valence electrons. The van der Waals surface area contributed by atoms with Gasteiger partial charge in [0.15, 0.2) is 0 Å². The summed E-state index contributed by atoms with van der Waals surface area (Å²) in [6.07, 6.45) is 2.08. The van der Waals surface area contributed by atoms with E-state index in [-0.39, 0.29) is 5.60 Å². The van der Waals surface area contributed by atoms with E-state index in [1.54, 1.807) is 0 Å². The number of hydrogen-bond donors (Lipinski definition) is 0. The summed E-state index contributed by atoms with van der Waals surface area (Å²) in [4.78, 5) is 2.50. The van der Waals surface area contributed by atoms with Gasteiger partial charge in [-0.1, -0.05) is 55.5 Å². The highest BCUT2D eigenvalue weighted by Gasteiger charge is 2.38. The van der Waals surface area contributed by atoms with Gasteiger partial charge in [0.1, 0.15) is 11.4 Å². The van der Waals surface area contributed by atoms with Crippen LogP contribution in [0.5, 0.6) is 5.75 Å². The minimum absolute atomic E-state index is 0.186. The lowest BCUT2D eigenvalue weighted by Gasteiger charge is -2.42. The van der Waals surface area contributed by atoms with Crippen LogP contribution in [0.15, 0.2) is 60.7 Å². The van der Waals surface area contributed by atoms with Crippen LogP contribution >= 0.6 is 0 Å². The van der Waals surface area contributed by atoms with Crippen molar-refractivity contribution in [1.82, 2.24) is 4.90 Å². The highest BCUT2D eigenvalue weighted by molar-refractivity contribution is 5.28. The van der Waals surface area contributed by atoms with Crippen molar-refractivity contribution in [3.63, 3.8) is 0 Å². The van der Waals surface area contributed by atoms with Gasteiger partial charge in [-0.25, -0.2) is 0 Å². The standard InChI is InChI=1S/C19H23NO/c1-2-20-15-13-19(14-16-20,17-9-5-3-6-10-17)21-18-11-7-4-8-12-18/h3-12H,2,13-16H2,1H3. The first-order valence-corrected chi connectivity index (χ1v) is 7.84. The van der Waals surface area contributed by atoms with Crippen LogP contribution in [0.1, 0.15) is 25.3 Å². The molecule has 2 aromatic rings. The van der Waals surface area contributed by atoms with Crippen molar-refractivity contribution in [2.24, 2.45) is 0 Å². The van der Waals surface area contributed by atoms with E-state index < -0.39 is 0 Å². The maximum absolute atomic E-state index is 6.50. The molecule has 0 unspecified atom stereocenters. The van der Waals surface area contributed by atoms with E-state index in [2.05, 4.69) is 54.3 Å². The Labute approximate surface area is 127 Å². The SMILES string of the molecule is CCN1CCC(Oc2ccccc2)(c2ccccc2)CC1. The van der Waals surface area contributed by atoms with E-state index in [1.165, 1.54) is 5.56 Å². The molecule has 0 saturated carbocycles. The Balaban J connectivity index is 1.89. The van der Waals surface area contributed by atoms with E-state index >= 15 is 0 Å². The lowest BCUT2D eigenvalue weighted by molar-refractivity contribution is -0.00141. The lowest BCUT2D eigenvalue weighted by Crippen LogP contribution is -2.45. The number of benzene rings is 2. The molecule has 2 nitrogen and oxygen atoms in total. The van der Waals surface area contributed by atoms with Gasteiger partial charge in [0, 0.05) is 25.9 Å². The molecule has 0 N–H and O–H groups in total. The normalized spacial score (nSPS) is 18.3. The second-order valence-electron chi connectivity index (χ2n) is 5.71. The van der Waals surface area contributed by atoms with Gasteiger partial charge in [0.25, 0.3) is 0 Å². The van der Waals surface area contributed by atoms with Gasteiger partial charge >= 0.3 is 0 Å². The Morgan fingerprint density at radius 3 is 2.05 bits per heavy atom. The predicted octanol–water partition coefficient (Wildman–Crippen LogP) is 4.08. The molecule has 0 amide bonds. The molecule has 1 heterocycles. The van der Waals surface area contributed by atoms with E-state index in [0.29, 0.717) is 0 Å². The molecule has 3 rings (SSSR count). The molecule has 21 heavy (non-hydrogen) atoms. The van der Waals surface area contributed by atoms with E-state index in [4.69, 9.17) is 4.74 Å². The summed E-state index contributed by atoms with van der Waals surface area (Å²) in [5.74, 6) is 0.964. The molecule has 1 aliphatic rings. The lowest BCUT2D eigenvalue weighted by atomic mass is 9.84. The average molecular weight is 281 g/mol. The first-order chi connectivity index (χ1) is 10.3. The highest BCUT2D eigenvalue weighted by Crippen LogP contribution is 2.37. The van der Waals surface area contributed by atoms with Crippen LogP contribution in [0.3, 0.4) is 0 Å². The molecule has 1 aliphatic heterocycles. The third kappa shape index (κ3) is 3.11. The van der Waals surface area contributed by atoms with Crippen molar-refractivity contribution in [1.29, 1.82) is 0 Å². The van der Waals surface area contributed by atoms with Crippen LogP contribution in [0.25, 0.3) is 0 Å². The molecule has 0 aliphatic carbocycles. The summed E-state index contributed by atoms with van der Waals surface area (Å²) in [6.45, 7) is 5.54. The summed E-state index contributed by atoms with van der Waals surface area (Å²) >= 11 is 0. The Kier molecular flexibility index (Phi) is 4.26. The summed E-state index contributed by atoms with van der Waals surface area (Å²) in [5, 5.41) is 0. The number of rotatable bonds is 4. The quantitative estimate of drug-likeness (QED) is 0.837. The zero-order chi connectivity index (χ0) is 14.5. The number of nitrogens with zero attached hydrogens (tertiary/aromatic N) is 1. The summed E-state index contributed by atoms with van der Waals surface area (Å²) in [6, 6.07) is 20.9. The molecule has 0 bridgehead atoms. The minimum Gasteiger partial charge on any atom is -0.482 e. The fourth-order valence-electron chi connectivity index (χ4n) is 3.14. The minimum atomic E-state index is -0.186. The average Bonchev–Trinajstić information content (AvgIpc) is 2.57. The maximum Gasteiger partial charge on any atom is 0.136 e. The fourth-order valence-corrected chi connectivity index (χ4v) is 3.14. The van der Waals surface area contributed by atoms with Gasteiger partial charge < -0.3 is 9.64 Å². The topological polar surface area (TPSA) is 12.5 Å². The Morgan fingerprint density at radius 1 is 0.905 bits per heavy atom. The molecule has 0 radical (unpaired) electrons. The van der Waals surface area contributed by atoms with Crippen LogP contribution in [0.4, 0.5) is 0 Å². The van der Waals surface area contributed by atoms with Gasteiger partial charge in [0.05, 0.1) is 0 Å². The smallest absolute Gasteiger partial charge is 0.136 e. The van der Waals surface area contributed by atoms with Gasteiger partial charge in [-0.2, -0.15) is 0 Å². The van der Waals surface area contributed by atoms with Crippen molar-refractivity contribution in [3.8, 4) is 5.75 Å². The number of ether oxygens (including phenoxy) is 1. The first-order valence-electron chi connectivity index (χ1n) is 7.84. The summed E-state index contributed by atoms with van der Waals surface area (Å²) in [5.41, 5.74) is 1.11. The zero-order valence-electron chi connectivity index (χ0n) is 12.7. The summed E-state index contributed by atoms with van der Waals surface area (Å²) < 4.78 is 6.50. The van der Waals surface area contributed by atoms with Crippen LogP contribution in [-0.2, 0) is 5.60 Å². The monoisotopic (exact) mass is 281 g/mol. The number of para-hydroxylation sites is 1. The molecular weight excluding hydrogens is 258 g/mol. The predicted molar refractivity (Wildman–Crippen MR) is 86.5 cm³/mol. The number of likely N-dealkylation sites (tertiary alicyclic amines) is 1. The molecular formula is C19H23NO. The van der Waals surface area contributed by atoms with Gasteiger partial charge in [-0.3, -0.25) is 0 Å². The van der Waals surface area contributed by atoms with Crippen LogP contribution < -0.4 is 4.74 Å². The Hall–Kier alpha value is -1.80. The second kappa shape index (κ2) is 6.31. The van der Waals surface area contributed by atoms with Crippen molar-refractivity contribution < 1.29 is 4.74 Å². The molecule has 2 heteroatoms. The number of piperidine rings is 1. The van der Waals surface area contributed by atoms with Crippen molar-refractivity contribution >= 4 is 0 Å². The fraction of sp³-hybridized carbons (Fsp3) is 0.368. The molecule has 0 atom stereocenters. The van der Waals surface area contributed by atoms with Crippen molar-refractivity contribution in [3.05, 3.63) is 66.2 Å². The van der Waals surface area contributed by atoms with Crippen molar-refractivity contribution in [2.45, 2.75) is 25.4 Å². The van der Waals surface area contributed by atoms with E-state index in [9.17, 15) is 0 Å². The van der Waals surface area contributed by atoms with Crippen molar-refractivity contribution in [2.75, 3.05) is 19.6 Å². The largest absolute Gasteiger partial charge is 0.482 e. The third-order valence-electron chi connectivity index (χ3n) is 4.47. The van der Waals surface area contributed by atoms with Gasteiger partial charge in [-0.15, -0.1) is 0 Å². The van der Waals surface area contributed by atoms with Gasteiger partial charge in [0.2, 0.25) is 0 Å². The second-order valence-corrected chi connectivity index (χ2v) is 5.71. The highest BCUT2D eigenvalue weighted by atomic mass is 16.5. The molecule has 2 aromatic carbocycles. The summed E-state index contributed by atoms with van der Waals surface area (Å²) in [7, 11) is 0. The van der Waals surface area contributed by atoms with Crippen LogP contribution in [-0.4, -0.2) is 24.5 Å². The van der Waals surface area contributed by atoms with E-state index in [0.717, 1.165) is 38.2 Å². The van der Waals surface area contributed by atoms with Gasteiger partial charge in [-0.05, 0) is 24.2 Å². The zero-order valence-corrected chi connectivity index (χ0v) is 12.7.